The molecule has 6 rings (SSSR count). The van der Waals surface area contributed by atoms with Gasteiger partial charge in [0.05, 0.1) is 30.6 Å². The minimum atomic E-state index is -0.934. The molecule has 3 aromatic rings. The minimum absolute atomic E-state index is 0.0104. The van der Waals surface area contributed by atoms with Crippen LogP contribution in [0.1, 0.15) is 37.8 Å². The third-order valence-electron chi connectivity index (χ3n) is 7.35. The highest BCUT2D eigenvalue weighted by atomic mass is 19.1. The summed E-state index contributed by atoms with van der Waals surface area (Å²) in [5, 5.41) is 31.2. The molecule has 4 atom stereocenters. The van der Waals surface area contributed by atoms with E-state index in [-0.39, 0.29) is 23.9 Å². The molecule has 10 heteroatoms. The van der Waals surface area contributed by atoms with E-state index in [9.17, 15) is 5.11 Å². The van der Waals surface area contributed by atoms with Crippen LogP contribution in [0.3, 0.4) is 0 Å². The van der Waals surface area contributed by atoms with Crippen molar-refractivity contribution in [3.05, 3.63) is 36.2 Å². The number of alkyl halides is 1. The summed E-state index contributed by atoms with van der Waals surface area (Å²) in [5.41, 5.74) is 2.42. The molecule has 2 aliphatic heterocycles. The molecule has 3 aliphatic rings. The number of aromatic hydroxyl groups is 1. The van der Waals surface area contributed by atoms with Gasteiger partial charge in [-0.1, -0.05) is 6.07 Å². The Morgan fingerprint density at radius 1 is 1.09 bits per heavy atom. The van der Waals surface area contributed by atoms with E-state index in [1.54, 1.807) is 31.5 Å². The summed E-state index contributed by atoms with van der Waals surface area (Å²) >= 11 is 0. The first-order chi connectivity index (χ1) is 17.0. The number of nitrogens with one attached hydrogen (secondary N) is 1. The Labute approximate surface area is 202 Å². The molecule has 4 heterocycles. The van der Waals surface area contributed by atoms with E-state index < -0.39 is 6.17 Å². The number of hydrogen-bond acceptors (Lipinski definition) is 9. The van der Waals surface area contributed by atoms with Gasteiger partial charge in [0, 0.05) is 29.8 Å². The first-order valence-electron chi connectivity index (χ1n) is 12.1. The van der Waals surface area contributed by atoms with Crippen LogP contribution in [0.5, 0.6) is 11.5 Å². The number of benzene rings is 1. The van der Waals surface area contributed by atoms with E-state index in [1.165, 1.54) is 0 Å². The number of anilines is 1. The van der Waals surface area contributed by atoms with Gasteiger partial charge in [-0.15, -0.1) is 15.3 Å². The first-order valence-corrected chi connectivity index (χ1v) is 12.1. The van der Waals surface area contributed by atoms with Crippen LogP contribution in [-0.4, -0.2) is 67.9 Å². The van der Waals surface area contributed by atoms with Crippen molar-refractivity contribution >= 4 is 5.82 Å². The van der Waals surface area contributed by atoms with Gasteiger partial charge < -0.3 is 20.1 Å². The van der Waals surface area contributed by atoms with Crippen molar-refractivity contribution in [3.8, 4) is 34.1 Å². The van der Waals surface area contributed by atoms with Crippen molar-refractivity contribution < 1.29 is 14.2 Å². The van der Waals surface area contributed by atoms with Crippen LogP contribution in [0.25, 0.3) is 22.6 Å². The largest absolute Gasteiger partial charge is 0.507 e. The van der Waals surface area contributed by atoms with Gasteiger partial charge in [0.2, 0.25) is 0 Å². The van der Waals surface area contributed by atoms with Crippen LogP contribution >= 0.6 is 0 Å². The summed E-state index contributed by atoms with van der Waals surface area (Å²) in [6.07, 6.45) is 5.47. The molecule has 1 aliphatic carbocycles. The number of ether oxygens (including phenoxy) is 1. The molecule has 0 radical (unpaired) electrons. The molecule has 3 fully saturated rings. The summed E-state index contributed by atoms with van der Waals surface area (Å²) in [4.78, 5) is 6.60. The third kappa shape index (κ3) is 4.05. The topological polar surface area (TPSA) is 109 Å². The van der Waals surface area contributed by atoms with Crippen LogP contribution in [0, 0.1) is 6.92 Å². The zero-order valence-electron chi connectivity index (χ0n) is 19.7. The lowest BCUT2D eigenvalue weighted by Gasteiger charge is -2.40. The molecule has 2 bridgehead atoms. The standard InChI is InChI=1S/C25H28FN7O2/c1-13-22(35-2)11-19(30-29-13)14-3-7-17(21(34)9-14)25-27-12-23(31-32-25)33(16-5-6-16)20-10-15-4-8-18(28-15)24(20)26/h3,7,9,11-12,15-16,18,20,24,28,34H,4-6,8,10H2,1-2H3/t15-,18+,20+,24-/m1/s1. The van der Waals surface area contributed by atoms with Gasteiger partial charge in [0.15, 0.2) is 11.6 Å². The van der Waals surface area contributed by atoms with Gasteiger partial charge in [-0.2, -0.15) is 5.10 Å². The van der Waals surface area contributed by atoms with E-state index >= 15 is 4.39 Å². The van der Waals surface area contributed by atoms with E-state index in [0.717, 1.165) is 32.1 Å². The molecule has 182 valence electrons. The number of rotatable bonds is 6. The van der Waals surface area contributed by atoms with Crippen LogP contribution in [0.15, 0.2) is 30.5 Å². The molecular weight excluding hydrogens is 449 g/mol. The highest BCUT2D eigenvalue weighted by Crippen LogP contribution is 2.40. The number of methoxy groups -OCH3 is 1. The molecule has 1 saturated carbocycles. The van der Waals surface area contributed by atoms with Crippen LogP contribution in [0.4, 0.5) is 10.2 Å². The van der Waals surface area contributed by atoms with E-state index in [1.807, 2.05) is 13.0 Å². The number of phenols is 1. The fourth-order valence-electron chi connectivity index (χ4n) is 5.40. The van der Waals surface area contributed by atoms with Gasteiger partial charge in [0.1, 0.15) is 23.4 Å². The Hall–Kier alpha value is -3.40. The Morgan fingerprint density at radius 3 is 2.66 bits per heavy atom. The molecule has 2 saturated heterocycles. The molecule has 35 heavy (non-hydrogen) atoms. The summed E-state index contributed by atoms with van der Waals surface area (Å²) in [5.74, 6) is 1.54. The number of fused-ring (bicyclic) bond motifs is 2. The SMILES string of the molecule is COc1cc(-c2ccc(-c3ncc(N(C4CC4)[C@H]4C[C@H]5CC[C@H](N5)[C@H]4F)nn3)c(O)c2)nnc1C. The average molecular weight is 478 g/mol. The highest BCUT2D eigenvalue weighted by molar-refractivity contribution is 5.71. The van der Waals surface area contributed by atoms with Crippen molar-refractivity contribution in [1.29, 1.82) is 0 Å². The molecule has 2 aromatic heterocycles. The normalized spacial score (nSPS) is 25.5. The molecule has 9 nitrogen and oxygen atoms in total. The number of piperidine rings is 1. The molecule has 0 spiro atoms. The molecule has 0 amide bonds. The second kappa shape index (κ2) is 8.67. The lowest BCUT2D eigenvalue weighted by molar-refractivity contribution is 0.171. The number of halogens is 1. The summed E-state index contributed by atoms with van der Waals surface area (Å²) < 4.78 is 20.6. The van der Waals surface area contributed by atoms with Gasteiger partial charge in [-0.3, -0.25) is 0 Å². The number of phenolic OH excluding ortho intramolecular Hbond substituents is 1. The summed E-state index contributed by atoms with van der Waals surface area (Å²) in [7, 11) is 1.58. The summed E-state index contributed by atoms with van der Waals surface area (Å²) in [6.45, 7) is 1.82. The number of hydrogen-bond donors (Lipinski definition) is 2. The van der Waals surface area contributed by atoms with Crippen molar-refractivity contribution in [2.75, 3.05) is 12.0 Å². The maximum absolute atomic E-state index is 15.3. The molecular formula is C25H28FN7O2. The zero-order chi connectivity index (χ0) is 24.1. The number of aryl methyl sites for hydroxylation is 1. The zero-order valence-corrected chi connectivity index (χ0v) is 19.7. The lowest BCUT2D eigenvalue weighted by atomic mass is 9.96. The molecule has 0 unspecified atom stereocenters. The Balaban J connectivity index is 1.26. The number of nitrogens with zero attached hydrogens (tertiary/aromatic N) is 6. The minimum Gasteiger partial charge on any atom is -0.507 e. The first kappa shape index (κ1) is 22.1. The van der Waals surface area contributed by atoms with Crippen LogP contribution in [0.2, 0.25) is 0 Å². The fraction of sp³-hybridized carbons (Fsp3) is 0.480. The van der Waals surface area contributed by atoms with Crippen molar-refractivity contribution in [2.24, 2.45) is 0 Å². The predicted octanol–water partition coefficient (Wildman–Crippen LogP) is 3.22. The third-order valence-corrected chi connectivity index (χ3v) is 7.35. The van der Waals surface area contributed by atoms with Crippen molar-refractivity contribution in [3.63, 3.8) is 0 Å². The monoisotopic (exact) mass is 477 g/mol. The Morgan fingerprint density at radius 2 is 1.94 bits per heavy atom. The number of aromatic nitrogens is 5. The van der Waals surface area contributed by atoms with Gasteiger partial charge in [0.25, 0.3) is 0 Å². The predicted molar refractivity (Wildman–Crippen MR) is 128 cm³/mol. The smallest absolute Gasteiger partial charge is 0.185 e. The average Bonchev–Trinajstić information content (AvgIpc) is 3.62. The van der Waals surface area contributed by atoms with Gasteiger partial charge >= 0.3 is 0 Å². The maximum atomic E-state index is 15.3. The summed E-state index contributed by atoms with van der Waals surface area (Å²) in [6, 6.07) is 7.31. The van der Waals surface area contributed by atoms with E-state index in [2.05, 4.69) is 35.6 Å². The van der Waals surface area contributed by atoms with Crippen LogP contribution < -0.4 is 15.0 Å². The second-order valence-electron chi connectivity index (χ2n) is 9.69. The highest BCUT2D eigenvalue weighted by Gasteiger charge is 2.48. The van der Waals surface area contributed by atoms with Gasteiger partial charge in [-0.25, -0.2) is 9.37 Å². The second-order valence-corrected chi connectivity index (χ2v) is 9.69. The van der Waals surface area contributed by atoms with E-state index in [0.29, 0.717) is 45.9 Å². The van der Waals surface area contributed by atoms with Crippen LogP contribution in [-0.2, 0) is 0 Å². The van der Waals surface area contributed by atoms with Gasteiger partial charge in [-0.05, 0) is 51.2 Å². The van der Waals surface area contributed by atoms with E-state index in [4.69, 9.17) is 4.74 Å². The Kier molecular flexibility index (Phi) is 5.47. The maximum Gasteiger partial charge on any atom is 0.185 e. The van der Waals surface area contributed by atoms with Crippen molar-refractivity contribution in [2.45, 2.75) is 69.4 Å². The molecule has 2 N–H and O–H groups in total. The lowest BCUT2D eigenvalue weighted by Crippen LogP contribution is -2.57. The van der Waals surface area contributed by atoms with Crippen molar-refractivity contribution in [1.82, 2.24) is 30.7 Å². The fourth-order valence-corrected chi connectivity index (χ4v) is 5.40. The quantitative estimate of drug-likeness (QED) is 0.553. The Bertz CT molecular complexity index is 1240. The molecule has 1 aromatic carbocycles.